The number of nitrogens with zero attached hydrogens (tertiary/aromatic N) is 1. The summed E-state index contributed by atoms with van der Waals surface area (Å²) < 4.78 is 5.40. The summed E-state index contributed by atoms with van der Waals surface area (Å²) >= 11 is 5.88. The number of rotatable bonds is 6. The topological polar surface area (TPSA) is 80.8 Å². The van der Waals surface area contributed by atoms with E-state index in [1.165, 1.54) is 29.5 Å². The smallest absolute Gasteiger partial charge is 0.338 e. The maximum absolute atomic E-state index is 13.4. The van der Waals surface area contributed by atoms with Crippen LogP contribution in [0.1, 0.15) is 58.4 Å². The van der Waals surface area contributed by atoms with Crippen molar-refractivity contribution in [3.05, 3.63) is 101 Å². The molecule has 1 aliphatic carbocycles. The number of hydrogen-bond acceptors (Lipinski definition) is 5. The van der Waals surface area contributed by atoms with E-state index in [0.717, 1.165) is 6.42 Å². The van der Waals surface area contributed by atoms with Crippen molar-refractivity contribution in [2.45, 2.75) is 38.2 Å². The maximum Gasteiger partial charge on any atom is 0.338 e. The van der Waals surface area contributed by atoms with Gasteiger partial charge in [-0.2, -0.15) is 0 Å². The third-order valence-electron chi connectivity index (χ3n) is 7.32. The minimum absolute atomic E-state index is 0.158. The quantitative estimate of drug-likeness (QED) is 0.234. The van der Waals surface area contributed by atoms with Gasteiger partial charge < -0.3 is 4.74 Å². The number of ketones is 1. The molecule has 5 rings (SSSR count). The Morgan fingerprint density at radius 2 is 1.57 bits per heavy atom. The number of carbonyl (C=O) groups excluding carboxylic acids is 4. The third-order valence-corrected chi connectivity index (χ3v) is 7.57. The van der Waals surface area contributed by atoms with Crippen molar-refractivity contribution in [2.24, 2.45) is 11.8 Å². The predicted molar refractivity (Wildman–Crippen MR) is 140 cm³/mol. The number of anilines is 1. The average molecular weight is 516 g/mol. The highest BCUT2D eigenvalue weighted by atomic mass is 35.5. The highest BCUT2D eigenvalue weighted by Gasteiger charge is 2.50. The van der Waals surface area contributed by atoms with Gasteiger partial charge in [0.2, 0.25) is 17.6 Å². The molecular weight excluding hydrogens is 490 g/mol. The minimum atomic E-state index is -1.02. The minimum Gasteiger partial charge on any atom is -0.451 e. The normalized spacial score (nSPS) is 21.9. The fourth-order valence-corrected chi connectivity index (χ4v) is 5.49. The Morgan fingerprint density at radius 1 is 0.865 bits per heavy atom. The van der Waals surface area contributed by atoms with Gasteiger partial charge >= 0.3 is 5.97 Å². The largest absolute Gasteiger partial charge is 0.451 e. The molecule has 0 spiro atoms. The number of halogens is 1. The van der Waals surface area contributed by atoms with Gasteiger partial charge in [-0.3, -0.25) is 19.3 Å². The lowest BCUT2D eigenvalue weighted by Gasteiger charge is -2.28. The van der Waals surface area contributed by atoms with Crippen LogP contribution in [0.25, 0.3) is 0 Å². The third kappa shape index (κ3) is 4.94. The van der Waals surface area contributed by atoms with E-state index in [1.54, 1.807) is 36.4 Å². The Balaban J connectivity index is 1.30. The molecule has 4 atom stereocenters. The molecule has 0 unspecified atom stereocenters. The first kappa shape index (κ1) is 24.9. The molecule has 37 heavy (non-hydrogen) atoms. The van der Waals surface area contributed by atoms with Crippen LogP contribution in [0.4, 0.5) is 5.69 Å². The van der Waals surface area contributed by atoms with Gasteiger partial charge in [0.1, 0.15) is 0 Å². The number of ether oxygens (including phenoxy) is 1. The van der Waals surface area contributed by atoms with Gasteiger partial charge in [-0.05, 0) is 80.1 Å². The van der Waals surface area contributed by atoms with Crippen LogP contribution in [-0.2, 0) is 14.3 Å². The molecule has 1 saturated heterocycles. The van der Waals surface area contributed by atoms with Crippen LogP contribution in [0.5, 0.6) is 0 Å². The van der Waals surface area contributed by atoms with Crippen molar-refractivity contribution in [3.8, 4) is 0 Å². The molecule has 3 aromatic carbocycles. The van der Waals surface area contributed by atoms with Gasteiger partial charge in [0.05, 0.1) is 23.1 Å². The standard InChI is InChI=1S/C30H26ClNO5/c1-18(27(33)20-10-13-23(31)14-11-20)37-30(36)22-8-5-9-24(16-22)32-28(34)25-15-12-21(17-26(25)29(32)35)19-6-3-2-4-7-19/h2-11,13-14,16,18,21,25-26H,12,15,17H2,1H3/t18-,21+,25+,26+/m1/s1. The maximum atomic E-state index is 13.4. The van der Waals surface area contributed by atoms with Gasteiger partial charge in [0, 0.05) is 10.6 Å². The van der Waals surface area contributed by atoms with Crippen LogP contribution >= 0.6 is 11.6 Å². The van der Waals surface area contributed by atoms with Crippen molar-refractivity contribution in [3.63, 3.8) is 0 Å². The van der Waals surface area contributed by atoms with E-state index < -0.39 is 12.1 Å². The SMILES string of the molecule is C[C@@H](OC(=O)c1cccc(N2C(=O)[C@H]3CC[C@H](c4ccccc4)C[C@@H]3C2=O)c1)C(=O)c1ccc(Cl)cc1. The van der Waals surface area contributed by atoms with Crippen molar-refractivity contribution in [1.82, 2.24) is 0 Å². The molecular formula is C30H26ClNO5. The number of hydrogen-bond donors (Lipinski definition) is 0. The number of Topliss-reactive ketones (excluding diaryl/α,β-unsaturated/α-hetero) is 1. The van der Waals surface area contributed by atoms with Gasteiger partial charge in [-0.1, -0.05) is 48.0 Å². The van der Waals surface area contributed by atoms with Gasteiger partial charge in [-0.15, -0.1) is 0 Å². The van der Waals surface area contributed by atoms with E-state index in [9.17, 15) is 19.2 Å². The van der Waals surface area contributed by atoms with E-state index in [1.807, 2.05) is 18.2 Å². The van der Waals surface area contributed by atoms with E-state index in [4.69, 9.17) is 16.3 Å². The Bertz CT molecular complexity index is 1350. The molecule has 188 valence electrons. The molecule has 3 aromatic rings. The fraction of sp³-hybridized carbons (Fsp3) is 0.267. The van der Waals surface area contributed by atoms with Gasteiger partial charge in [0.25, 0.3) is 0 Å². The monoisotopic (exact) mass is 515 g/mol. The van der Waals surface area contributed by atoms with E-state index in [0.29, 0.717) is 29.1 Å². The summed E-state index contributed by atoms with van der Waals surface area (Å²) in [4.78, 5) is 53.3. The summed E-state index contributed by atoms with van der Waals surface area (Å²) in [5, 5.41) is 0.499. The van der Waals surface area contributed by atoms with Crippen molar-refractivity contribution < 1.29 is 23.9 Å². The van der Waals surface area contributed by atoms with Gasteiger partial charge in [-0.25, -0.2) is 4.79 Å². The first-order valence-corrected chi connectivity index (χ1v) is 12.7. The number of carbonyl (C=O) groups is 4. The van der Waals surface area contributed by atoms with Crippen LogP contribution in [0.15, 0.2) is 78.9 Å². The molecule has 1 aliphatic heterocycles. The Hall–Kier alpha value is -3.77. The second-order valence-electron chi connectivity index (χ2n) is 9.61. The van der Waals surface area contributed by atoms with Crippen molar-refractivity contribution in [1.29, 1.82) is 0 Å². The van der Waals surface area contributed by atoms with E-state index >= 15 is 0 Å². The molecule has 2 fully saturated rings. The molecule has 2 amide bonds. The van der Waals surface area contributed by atoms with E-state index in [-0.39, 0.29) is 40.9 Å². The van der Waals surface area contributed by atoms with Crippen LogP contribution in [-0.4, -0.2) is 29.7 Å². The Morgan fingerprint density at radius 3 is 2.30 bits per heavy atom. The molecule has 0 N–H and O–H groups in total. The number of esters is 1. The lowest BCUT2D eigenvalue weighted by molar-refractivity contribution is -0.122. The van der Waals surface area contributed by atoms with Crippen molar-refractivity contribution >= 4 is 40.9 Å². The average Bonchev–Trinajstić information content (AvgIpc) is 3.18. The lowest BCUT2D eigenvalue weighted by atomic mass is 9.73. The van der Waals surface area contributed by atoms with Crippen LogP contribution in [0.2, 0.25) is 5.02 Å². The van der Waals surface area contributed by atoms with Gasteiger partial charge in [0.15, 0.2) is 6.10 Å². The van der Waals surface area contributed by atoms with E-state index in [2.05, 4.69) is 12.1 Å². The molecule has 1 saturated carbocycles. The van der Waals surface area contributed by atoms with Crippen LogP contribution in [0.3, 0.4) is 0 Å². The first-order chi connectivity index (χ1) is 17.8. The molecule has 7 heteroatoms. The Labute approximate surface area is 220 Å². The number of benzene rings is 3. The summed E-state index contributed by atoms with van der Waals surface area (Å²) in [6.45, 7) is 1.50. The predicted octanol–water partition coefficient (Wildman–Crippen LogP) is 5.84. The summed E-state index contributed by atoms with van der Waals surface area (Å²) in [5.74, 6) is -2.01. The Kier molecular flexibility index (Phi) is 6.94. The summed E-state index contributed by atoms with van der Waals surface area (Å²) in [6.07, 6.45) is 1.11. The zero-order chi connectivity index (χ0) is 26.1. The number of imide groups is 1. The highest BCUT2D eigenvalue weighted by Crippen LogP contribution is 2.45. The summed E-state index contributed by atoms with van der Waals surface area (Å²) in [7, 11) is 0. The lowest BCUT2D eigenvalue weighted by Crippen LogP contribution is -2.31. The summed E-state index contributed by atoms with van der Waals surface area (Å²) in [6, 6.07) is 22.7. The molecule has 1 heterocycles. The van der Waals surface area contributed by atoms with Crippen molar-refractivity contribution in [2.75, 3.05) is 4.90 Å². The zero-order valence-electron chi connectivity index (χ0n) is 20.3. The number of fused-ring (bicyclic) bond motifs is 1. The second kappa shape index (κ2) is 10.3. The highest BCUT2D eigenvalue weighted by molar-refractivity contribution is 6.30. The van der Waals surface area contributed by atoms with Crippen LogP contribution in [0, 0.1) is 11.8 Å². The summed E-state index contributed by atoms with van der Waals surface area (Å²) in [5.41, 5.74) is 2.06. The molecule has 0 bridgehead atoms. The molecule has 6 nitrogen and oxygen atoms in total. The fourth-order valence-electron chi connectivity index (χ4n) is 5.36. The van der Waals surface area contributed by atoms with Crippen LogP contribution < -0.4 is 4.90 Å². The zero-order valence-corrected chi connectivity index (χ0v) is 21.1. The second-order valence-corrected chi connectivity index (χ2v) is 10.1. The first-order valence-electron chi connectivity index (χ1n) is 12.4. The molecule has 0 radical (unpaired) electrons. The molecule has 2 aliphatic rings. The number of amides is 2. The molecule has 0 aromatic heterocycles.